The number of nitrogens with zero attached hydrogens (tertiary/aromatic N) is 2. The van der Waals surface area contributed by atoms with Gasteiger partial charge in [-0.05, 0) is 44.4 Å². The first-order valence-electron chi connectivity index (χ1n) is 6.29. The molecule has 1 aromatic heterocycles. The Hall–Kier alpha value is -1.28. The fourth-order valence-corrected chi connectivity index (χ4v) is 2.66. The molecule has 0 saturated carbocycles. The van der Waals surface area contributed by atoms with Crippen molar-refractivity contribution >= 4 is 11.6 Å². The summed E-state index contributed by atoms with van der Waals surface area (Å²) in [6, 6.07) is 6.34. The molecule has 0 radical (unpaired) electrons. The van der Waals surface area contributed by atoms with E-state index in [-0.39, 0.29) is 0 Å². The van der Waals surface area contributed by atoms with Gasteiger partial charge in [-0.2, -0.15) is 5.10 Å². The van der Waals surface area contributed by atoms with E-state index in [1.807, 2.05) is 4.68 Å². The van der Waals surface area contributed by atoms with Gasteiger partial charge in [-0.15, -0.1) is 11.6 Å². The SMILES string of the molecule is CCc1c(C)nn(-c2ccc(C)cc2CCl)c1C. The minimum Gasteiger partial charge on any atom is -0.237 e. The number of benzene rings is 1. The quantitative estimate of drug-likeness (QED) is 0.762. The third kappa shape index (κ3) is 2.17. The molecule has 3 heteroatoms. The van der Waals surface area contributed by atoms with Crippen molar-refractivity contribution in [3.05, 3.63) is 46.3 Å². The molecule has 2 nitrogen and oxygen atoms in total. The summed E-state index contributed by atoms with van der Waals surface area (Å²) in [7, 11) is 0. The Labute approximate surface area is 114 Å². The van der Waals surface area contributed by atoms with Gasteiger partial charge < -0.3 is 0 Å². The summed E-state index contributed by atoms with van der Waals surface area (Å²) in [5.74, 6) is 0.511. The summed E-state index contributed by atoms with van der Waals surface area (Å²) < 4.78 is 2.02. The monoisotopic (exact) mass is 262 g/mol. The van der Waals surface area contributed by atoms with Crippen LogP contribution in [0.25, 0.3) is 5.69 Å². The van der Waals surface area contributed by atoms with Crippen molar-refractivity contribution in [2.24, 2.45) is 0 Å². The fraction of sp³-hybridized carbons (Fsp3) is 0.400. The van der Waals surface area contributed by atoms with Gasteiger partial charge >= 0.3 is 0 Å². The zero-order chi connectivity index (χ0) is 13.3. The molecule has 2 aromatic rings. The van der Waals surface area contributed by atoms with Gasteiger partial charge in [0, 0.05) is 11.6 Å². The number of aromatic nitrogens is 2. The van der Waals surface area contributed by atoms with E-state index in [0.29, 0.717) is 5.88 Å². The van der Waals surface area contributed by atoms with Crippen molar-refractivity contribution in [3.63, 3.8) is 0 Å². The second-order valence-electron chi connectivity index (χ2n) is 4.68. The zero-order valence-corrected chi connectivity index (χ0v) is 12.2. The van der Waals surface area contributed by atoms with Crippen LogP contribution in [0.1, 0.15) is 35.0 Å². The summed E-state index contributed by atoms with van der Waals surface area (Å²) in [4.78, 5) is 0. The number of aryl methyl sites for hydroxylation is 2. The Morgan fingerprint density at radius 3 is 2.50 bits per heavy atom. The van der Waals surface area contributed by atoms with Crippen LogP contribution in [-0.2, 0) is 12.3 Å². The first-order chi connectivity index (χ1) is 8.58. The molecule has 0 saturated heterocycles. The molecule has 0 fully saturated rings. The maximum Gasteiger partial charge on any atom is 0.0693 e. The Bertz CT molecular complexity index is 570. The summed E-state index contributed by atoms with van der Waals surface area (Å²) in [6.45, 7) is 8.44. The van der Waals surface area contributed by atoms with Crippen LogP contribution in [0.4, 0.5) is 0 Å². The van der Waals surface area contributed by atoms with Gasteiger partial charge in [0.25, 0.3) is 0 Å². The van der Waals surface area contributed by atoms with Crippen LogP contribution in [0.3, 0.4) is 0 Å². The molecule has 0 amide bonds. The van der Waals surface area contributed by atoms with Crippen LogP contribution in [-0.4, -0.2) is 9.78 Å². The van der Waals surface area contributed by atoms with Crippen molar-refractivity contribution in [1.29, 1.82) is 0 Å². The average molecular weight is 263 g/mol. The van der Waals surface area contributed by atoms with Crippen molar-refractivity contribution in [2.45, 2.75) is 40.0 Å². The van der Waals surface area contributed by atoms with Crippen molar-refractivity contribution < 1.29 is 0 Å². The van der Waals surface area contributed by atoms with Crippen molar-refractivity contribution in [1.82, 2.24) is 9.78 Å². The van der Waals surface area contributed by atoms with Crippen LogP contribution in [0.5, 0.6) is 0 Å². The van der Waals surface area contributed by atoms with Crippen LogP contribution < -0.4 is 0 Å². The highest BCUT2D eigenvalue weighted by Gasteiger charge is 2.13. The van der Waals surface area contributed by atoms with Crippen molar-refractivity contribution in [2.75, 3.05) is 0 Å². The minimum absolute atomic E-state index is 0.511. The Kier molecular flexibility index (Phi) is 3.76. The molecule has 0 aliphatic heterocycles. The predicted molar refractivity (Wildman–Crippen MR) is 76.7 cm³/mol. The van der Waals surface area contributed by atoms with Gasteiger partial charge in [0.2, 0.25) is 0 Å². The van der Waals surface area contributed by atoms with Gasteiger partial charge in [0.1, 0.15) is 0 Å². The van der Waals surface area contributed by atoms with Gasteiger partial charge in [-0.3, -0.25) is 0 Å². The highest BCUT2D eigenvalue weighted by atomic mass is 35.5. The van der Waals surface area contributed by atoms with E-state index >= 15 is 0 Å². The third-order valence-electron chi connectivity index (χ3n) is 3.40. The Morgan fingerprint density at radius 2 is 1.94 bits per heavy atom. The van der Waals surface area contributed by atoms with Crippen LogP contribution in [0, 0.1) is 20.8 Å². The summed E-state index contributed by atoms with van der Waals surface area (Å²) in [6.07, 6.45) is 1.01. The lowest BCUT2D eigenvalue weighted by Gasteiger charge is -2.10. The molecule has 0 aliphatic carbocycles. The molecule has 0 unspecified atom stereocenters. The highest BCUT2D eigenvalue weighted by molar-refractivity contribution is 6.17. The average Bonchev–Trinajstić information content (AvgIpc) is 2.64. The molecule has 0 spiro atoms. The van der Waals surface area contributed by atoms with Gasteiger partial charge in [0.05, 0.1) is 11.4 Å². The van der Waals surface area contributed by atoms with Gasteiger partial charge in [-0.1, -0.05) is 24.6 Å². The predicted octanol–water partition coefficient (Wildman–Crippen LogP) is 4.10. The van der Waals surface area contributed by atoms with Crippen LogP contribution >= 0.6 is 11.6 Å². The lowest BCUT2D eigenvalue weighted by atomic mass is 10.1. The van der Waals surface area contributed by atoms with Gasteiger partial charge in [0.15, 0.2) is 0 Å². The largest absolute Gasteiger partial charge is 0.237 e. The summed E-state index contributed by atoms with van der Waals surface area (Å²) in [5.41, 5.74) is 7.10. The lowest BCUT2D eigenvalue weighted by molar-refractivity contribution is 0.824. The topological polar surface area (TPSA) is 17.8 Å². The van der Waals surface area contributed by atoms with E-state index < -0.39 is 0 Å². The molecule has 0 bridgehead atoms. The van der Waals surface area contributed by atoms with Crippen molar-refractivity contribution in [3.8, 4) is 5.69 Å². The zero-order valence-electron chi connectivity index (χ0n) is 11.4. The first kappa shape index (κ1) is 13.2. The Morgan fingerprint density at radius 1 is 1.22 bits per heavy atom. The standard InChI is InChI=1S/C15H19ClN2/c1-5-14-11(3)17-18(12(14)4)15-7-6-10(2)8-13(15)9-16/h6-8H,5,9H2,1-4H3. The molecule has 0 atom stereocenters. The number of hydrogen-bond donors (Lipinski definition) is 0. The van der Waals surface area contributed by atoms with E-state index in [9.17, 15) is 0 Å². The molecule has 2 rings (SSSR count). The molecule has 1 aromatic carbocycles. The molecular formula is C15H19ClN2. The van der Waals surface area contributed by atoms with E-state index in [0.717, 1.165) is 23.4 Å². The lowest BCUT2D eigenvalue weighted by Crippen LogP contribution is -2.03. The maximum absolute atomic E-state index is 6.05. The molecule has 0 N–H and O–H groups in total. The number of halogens is 1. The van der Waals surface area contributed by atoms with Crippen LogP contribution in [0.15, 0.2) is 18.2 Å². The molecule has 18 heavy (non-hydrogen) atoms. The van der Waals surface area contributed by atoms with E-state index in [2.05, 4.69) is 51.0 Å². The normalized spacial score (nSPS) is 10.9. The molecule has 0 aliphatic rings. The molecular weight excluding hydrogens is 244 g/mol. The molecule has 1 heterocycles. The summed E-state index contributed by atoms with van der Waals surface area (Å²) >= 11 is 6.05. The third-order valence-corrected chi connectivity index (χ3v) is 3.69. The van der Waals surface area contributed by atoms with E-state index in [1.54, 1.807) is 0 Å². The fourth-order valence-electron chi connectivity index (χ4n) is 2.45. The molecule has 96 valence electrons. The first-order valence-corrected chi connectivity index (χ1v) is 6.82. The second kappa shape index (κ2) is 5.15. The maximum atomic E-state index is 6.05. The van der Waals surface area contributed by atoms with E-state index in [1.165, 1.54) is 16.8 Å². The summed E-state index contributed by atoms with van der Waals surface area (Å²) in [5, 5.41) is 4.65. The second-order valence-corrected chi connectivity index (χ2v) is 4.95. The highest BCUT2D eigenvalue weighted by Crippen LogP contribution is 2.23. The smallest absolute Gasteiger partial charge is 0.0693 e. The number of rotatable bonds is 3. The van der Waals surface area contributed by atoms with Gasteiger partial charge in [-0.25, -0.2) is 4.68 Å². The number of alkyl halides is 1. The minimum atomic E-state index is 0.511. The Balaban J connectivity index is 2.62. The van der Waals surface area contributed by atoms with E-state index in [4.69, 9.17) is 11.6 Å². The van der Waals surface area contributed by atoms with Crippen LogP contribution in [0.2, 0.25) is 0 Å². The number of hydrogen-bond acceptors (Lipinski definition) is 1.